The summed E-state index contributed by atoms with van der Waals surface area (Å²) in [4.78, 5) is 3.78. The Hall–Kier alpha value is -1.64. The monoisotopic (exact) mass is 176 g/mol. The standard InChI is InChI=1S/C10H9FN2/c11-10-5-9(6-12-7-10)8-13-3-1-2-4-13/h1-7H,8H2. The molecule has 2 aromatic rings. The van der Waals surface area contributed by atoms with Gasteiger partial charge in [-0.1, -0.05) is 0 Å². The molecule has 0 amide bonds. The number of pyridine rings is 1. The van der Waals surface area contributed by atoms with Crippen LogP contribution in [0.3, 0.4) is 0 Å². The molecule has 0 saturated carbocycles. The van der Waals surface area contributed by atoms with Gasteiger partial charge in [0.2, 0.25) is 0 Å². The molecule has 0 aliphatic carbocycles. The van der Waals surface area contributed by atoms with E-state index in [-0.39, 0.29) is 5.82 Å². The second-order valence-corrected chi connectivity index (χ2v) is 2.87. The summed E-state index contributed by atoms with van der Waals surface area (Å²) >= 11 is 0. The third-order valence-electron chi connectivity index (χ3n) is 1.79. The van der Waals surface area contributed by atoms with E-state index in [4.69, 9.17) is 0 Å². The average molecular weight is 176 g/mol. The van der Waals surface area contributed by atoms with Crippen LogP contribution < -0.4 is 0 Å². The van der Waals surface area contributed by atoms with Crippen molar-refractivity contribution >= 4 is 0 Å². The molecular formula is C10H9FN2. The molecule has 0 N–H and O–H groups in total. The number of aromatic nitrogens is 2. The van der Waals surface area contributed by atoms with Gasteiger partial charge in [-0.2, -0.15) is 0 Å². The lowest BCUT2D eigenvalue weighted by molar-refractivity contribution is 0.616. The fraction of sp³-hybridized carbons (Fsp3) is 0.100. The molecule has 2 rings (SSSR count). The maximum absolute atomic E-state index is 12.7. The molecule has 0 aromatic carbocycles. The third kappa shape index (κ3) is 1.93. The zero-order valence-corrected chi connectivity index (χ0v) is 7.02. The largest absolute Gasteiger partial charge is 0.350 e. The first-order valence-electron chi connectivity index (χ1n) is 4.05. The molecule has 0 bridgehead atoms. The van der Waals surface area contributed by atoms with Crippen LogP contribution in [0.2, 0.25) is 0 Å². The fourth-order valence-electron chi connectivity index (χ4n) is 1.23. The van der Waals surface area contributed by atoms with E-state index < -0.39 is 0 Å². The first-order valence-corrected chi connectivity index (χ1v) is 4.05. The summed E-state index contributed by atoms with van der Waals surface area (Å²) in [5.74, 6) is -0.287. The summed E-state index contributed by atoms with van der Waals surface area (Å²) < 4.78 is 14.7. The Kier molecular flexibility index (Phi) is 2.08. The normalized spacial score (nSPS) is 10.2. The number of hydrogen-bond acceptors (Lipinski definition) is 1. The van der Waals surface area contributed by atoms with Crippen molar-refractivity contribution in [1.29, 1.82) is 0 Å². The number of halogens is 1. The SMILES string of the molecule is Fc1cncc(Cn2cccc2)c1. The number of rotatable bonds is 2. The van der Waals surface area contributed by atoms with E-state index in [0.717, 1.165) is 5.56 Å². The van der Waals surface area contributed by atoms with E-state index in [0.29, 0.717) is 6.54 Å². The van der Waals surface area contributed by atoms with Crippen LogP contribution in [0.25, 0.3) is 0 Å². The van der Waals surface area contributed by atoms with Crippen LogP contribution in [0.5, 0.6) is 0 Å². The number of nitrogens with zero attached hydrogens (tertiary/aromatic N) is 2. The van der Waals surface area contributed by atoms with E-state index in [1.807, 2.05) is 29.1 Å². The predicted octanol–water partition coefficient (Wildman–Crippen LogP) is 2.07. The summed E-state index contributed by atoms with van der Waals surface area (Å²) in [6.45, 7) is 0.664. The first kappa shape index (κ1) is 7.98. The van der Waals surface area contributed by atoms with Crippen molar-refractivity contribution in [2.75, 3.05) is 0 Å². The van der Waals surface area contributed by atoms with Gasteiger partial charge in [-0.15, -0.1) is 0 Å². The Morgan fingerprint density at radius 1 is 1.23 bits per heavy atom. The minimum atomic E-state index is -0.287. The van der Waals surface area contributed by atoms with Gasteiger partial charge in [-0.05, 0) is 23.8 Å². The highest BCUT2D eigenvalue weighted by Crippen LogP contribution is 2.03. The molecular weight excluding hydrogens is 167 g/mol. The van der Waals surface area contributed by atoms with Crippen molar-refractivity contribution in [1.82, 2.24) is 9.55 Å². The molecule has 0 fully saturated rings. The lowest BCUT2D eigenvalue weighted by atomic mass is 10.3. The van der Waals surface area contributed by atoms with Crippen LogP contribution in [-0.2, 0) is 6.54 Å². The van der Waals surface area contributed by atoms with Gasteiger partial charge in [0, 0.05) is 25.1 Å². The lowest BCUT2D eigenvalue weighted by Crippen LogP contribution is -1.97. The fourth-order valence-corrected chi connectivity index (χ4v) is 1.23. The molecule has 0 saturated heterocycles. The van der Waals surface area contributed by atoms with Gasteiger partial charge in [0.25, 0.3) is 0 Å². The quantitative estimate of drug-likeness (QED) is 0.685. The van der Waals surface area contributed by atoms with E-state index in [1.54, 1.807) is 6.20 Å². The van der Waals surface area contributed by atoms with Gasteiger partial charge in [-0.25, -0.2) is 4.39 Å². The highest BCUT2D eigenvalue weighted by Gasteiger charge is 1.96. The van der Waals surface area contributed by atoms with Crippen molar-refractivity contribution in [3.8, 4) is 0 Å². The minimum Gasteiger partial charge on any atom is -0.350 e. The second kappa shape index (κ2) is 3.39. The molecule has 2 heterocycles. The van der Waals surface area contributed by atoms with Gasteiger partial charge in [0.1, 0.15) is 5.82 Å². The molecule has 0 aliphatic heterocycles. The molecule has 2 nitrogen and oxygen atoms in total. The van der Waals surface area contributed by atoms with E-state index in [1.165, 1.54) is 12.3 Å². The Labute approximate surface area is 75.7 Å². The summed E-state index contributed by atoms with van der Waals surface area (Å²) in [6.07, 6.45) is 6.75. The van der Waals surface area contributed by atoms with Crippen LogP contribution in [0.1, 0.15) is 5.56 Å². The van der Waals surface area contributed by atoms with Gasteiger partial charge in [0.05, 0.1) is 6.20 Å². The molecule has 0 atom stereocenters. The van der Waals surface area contributed by atoms with Crippen molar-refractivity contribution in [3.05, 3.63) is 54.4 Å². The summed E-state index contributed by atoms with van der Waals surface area (Å²) in [5, 5.41) is 0. The zero-order valence-electron chi connectivity index (χ0n) is 7.02. The lowest BCUT2D eigenvalue weighted by Gasteiger charge is -2.01. The van der Waals surface area contributed by atoms with Crippen LogP contribution in [-0.4, -0.2) is 9.55 Å². The van der Waals surface area contributed by atoms with Gasteiger partial charge in [0.15, 0.2) is 0 Å². The van der Waals surface area contributed by atoms with Crippen LogP contribution >= 0.6 is 0 Å². The van der Waals surface area contributed by atoms with Crippen molar-refractivity contribution in [2.45, 2.75) is 6.54 Å². The molecule has 0 spiro atoms. The van der Waals surface area contributed by atoms with Gasteiger partial charge >= 0.3 is 0 Å². The highest BCUT2D eigenvalue weighted by molar-refractivity contribution is 5.11. The van der Waals surface area contributed by atoms with E-state index in [9.17, 15) is 4.39 Å². The topological polar surface area (TPSA) is 17.8 Å². The van der Waals surface area contributed by atoms with Crippen LogP contribution in [0.15, 0.2) is 43.0 Å². The van der Waals surface area contributed by atoms with Crippen molar-refractivity contribution in [3.63, 3.8) is 0 Å². The predicted molar refractivity (Wildman–Crippen MR) is 47.7 cm³/mol. The molecule has 13 heavy (non-hydrogen) atoms. The molecule has 2 aromatic heterocycles. The zero-order chi connectivity index (χ0) is 9.10. The van der Waals surface area contributed by atoms with E-state index in [2.05, 4.69) is 4.98 Å². The smallest absolute Gasteiger partial charge is 0.141 e. The van der Waals surface area contributed by atoms with Crippen molar-refractivity contribution < 1.29 is 4.39 Å². The summed E-state index contributed by atoms with van der Waals surface area (Å²) in [5.41, 5.74) is 0.871. The summed E-state index contributed by atoms with van der Waals surface area (Å²) in [7, 11) is 0. The Balaban J connectivity index is 2.19. The average Bonchev–Trinajstić information content (AvgIpc) is 2.57. The van der Waals surface area contributed by atoms with Crippen molar-refractivity contribution in [2.24, 2.45) is 0 Å². The maximum Gasteiger partial charge on any atom is 0.141 e. The molecule has 0 aliphatic rings. The second-order valence-electron chi connectivity index (χ2n) is 2.87. The Bertz CT molecular complexity index is 382. The number of hydrogen-bond donors (Lipinski definition) is 0. The highest BCUT2D eigenvalue weighted by atomic mass is 19.1. The first-order chi connectivity index (χ1) is 6.34. The van der Waals surface area contributed by atoms with Crippen LogP contribution in [0.4, 0.5) is 4.39 Å². The van der Waals surface area contributed by atoms with E-state index >= 15 is 0 Å². The molecule has 66 valence electrons. The molecule has 3 heteroatoms. The maximum atomic E-state index is 12.7. The Morgan fingerprint density at radius 3 is 2.69 bits per heavy atom. The third-order valence-corrected chi connectivity index (χ3v) is 1.79. The van der Waals surface area contributed by atoms with Gasteiger partial charge in [-0.3, -0.25) is 4.98 Å². The van der Waals surface area contributed by atoms with Crippen LogP contribution in [0, 0.1) is 5.82 Å². The molecule has 0 unspecified atom stereocenters. The molecule has 0 radical (unpaired) electrons. The Morgan fingerprint density at radius 2 is 2.00 bits per heavy atom. The minimum absolute atomic E-state index is 0.287. The summed E-state index contributed by atoms with van der Waals surface area (Å²) in [6, 6.07) is 5.37. The van der Waals surface area contributed by atoms with Gasteiger partial charge < -0.3 is 4.57 Å².